The molecule has 0 aromatic heterocycles. The molecule has 0 spiro atoms. The highest BCUT2D eigenvalue weighted by atomic mass is 16.7. The van der Waals surface area contributed by atoms with Gasteiger partial charge in [0.2, 0.25) is 5.78 Å². The predicted molar refractivity (Wildman–Crippen MR) is 168 cm³/mol. The maximum Gasteiger partial charge on any atom is 0.316 e. The van der Waals surface area contributed by atoms with Crippen LogP contribution in [0.2, 0.25) is 0 Å². The van der Waals surface area contributed by atoms with Gasteiger partial charge in [0.25, 0.3) is 0 Å². The molecule has 0 bridgehead atoms. The lowest BCUT2D eigenvalue weighted by molar-refractivity contribution is -0.302. The van der Waals surface area contributed by atoms with Crippen LogP contribution in [0.25, 0.3) is 0 Å². The Morgan fingerprint density at radius 2 is 1.69 bits per heavy atom. The first-order valence-corrected chi connectivity index (χ1v) is 16.2. The molecule has 2 aromatic carbocycles. The summed E-state index contributed by atoms with van der Waals surface area (Å²) in [6, 6.07) is 5.24. The van der Waals surface area contributed by atoms with Gasteiger partial charge in [-0.1, -0.05) is 12.1 Å². The molecule has 0 amide bonds. The lowest BCUT2D eigenvalue weighted by atomic mass is 9.68. The van der Waals surface area contributed by atoms with E-state index in [-0.39, 0.29) is 51.9 Å². The van der Waals surface area contributed by atoms with Crippen LogP contribution in [-0.2, 0) is 28.5 Å². The molecule has 2 aliphatic carbocycles. The Morgan fingerprint density at radius 1 is 0.979 bits per heavy atom. The number of rotatable bonds is 6. The number of benzene rings is 2. The monoisotopic (exact) mass is 669 g/mol. The lowest BCUT2D eigenvalue weighted by Gasteiger charge is -2.47. The molecule has 2 heterocycles. The average molecular weight is 670 g/mol. The van der Waals surface area contributed by atoms with Crippen LogP contribution in [0.5, 0.6) is 11.5 Å². The van der Waals surface area contributed by atoms with Gasteiger partial charge in [0.15, 0.2) is 18.4 Å². The fraction of sp³-hybridized carbons (Fsp3) is 0.571. The summed E-state index contributed by atoms with van der Waals surface area (Å²) < 4.78 is 30.1. The fourth-order valence-electron chi connectivity index (χ4n) is 7.68. The summed E-state index contributed by atoms with van der Waals surface area (Å²) >= 11 is 0. The third-order valence-electron chi connectivity index (χ3n) is 10.2. The zero-order chi connectivity index (χ0) is 34.8. The summed E-state index contributed by atoms with van der Waals surface area (Å²) in [6.45, 7) is 5.09. The van der Waals surface area contributed by atoms with Gasteiger partial charge in [0, 0.05) is 42.0 Å². The van der Waals surface area contributed by atoms with Crippen LogP contribution in [0, 0.1) is 0 Å². The molecule has 6 rings (SSSR count). The molecular formula is C35H43NO12. The molecule has 4 aliphatic rings. The van der Waals surface area contributed by atoms with Gasteiger partial charge in [-0.25, -0.2) is 0 Å². The minimum Gasteiger partial charge on any atom is -0.507 e. The van der Waals surface area contributed by atoms with E-state index in [9.17, 15) is 34.8 Å². The third-order valence-corrected chi connectivity index (χ3v) is 10.2. The number of aliphatic hydroxyl groups is 2. The van der Waals surface area contributed by atoms with Crippen molar-refractivity contribution in [3.05, 3.63) is 57.6 Å². The van der Waals surface area contributed by atoms with Gasteiger partial charge in [0.1, 0.15) is 23.5 Å². The van der Waals surface area contributed by atoms with E-state index < -0.39 is 77.5 Å². The molecular weight excluding hydrogens is 626 g/mol. The molecule has 48 heavy (non-hydrogen) atoms. The summed E-state index contributed by atoms with van der Waals surface area (Å²) in [7, 11) is 4.98. The Kier molecular flexibility index (Phi) is 9.18. The summed E-state index contributed by atoms with van der Waals surface area (Å²) in [6.07, 6.45) is -3.14. The molecule has 13 nitrogen and oxygen atoms in total. The first kappa shape index (κ1) is 34.4. The number of aromatic hydroxyl groups is 2. The van der Waals surface area contributed by atoms with Crippen molar-refractivity contribution in [2.45, 2.75) is 107 Å². The van der Waals surface area contributed by atoms with E-state index in [4.69, 9.17) is 23.7 Å². The third kappa shape index (κ3) is 5.81. The highest BCUT2D eigenvalue weighted by molar-refractivity contribution is 6.30. The van der Waals surface area contributed by atoms with Crippen molar-refractivity contribution >= 4 is 17.5 Å². The van der Waals surface area contributed by atoms with E-state index in [1.807, 2.05) is 25.9 Å². The van der Waals surface area contributed by atoms with E-state index in [1.165, 1.54) is 38.3 Å². The number of methoxy groups -OCH3 is 1. The van der Waals surface area contributed by atoms with Crippen LogP contribution in [0.4, 0.5) is 0 Å². The Labute approximate surface area is 278 Å². The van der Waals surface area contributed by atoms with Gasteiger partial charge >= 0.3 is 5.97 Å². The Hall–Kier alpha value is -3.43. The van der Waals surface area contributed by atoms with Crippen molar-refractivity contribution in [2.75, 3.05) is 21.2 Å². The molecule has 260 valence electrons. The number of carbonyl (C=O) groups is 3. The fourth-order valence-corrected chi connectivity index (χ4v) is 7.68. The highest BCUT2D eigenvalue weighted by Crippen LogP contribution is 2.53. The molecule has 3 unspecified atom stereocenters. The quantitative estimate of drug-likeness (QED) is 0.282. The first-order chi connectivity index (χ1) is 22.6. The maximum atomic E-state index is 13.8. The molecule has 2 aliphatic heterocycles. The van der Waals surface area contributed by atoms with Crippen LogP contribution >= 0.6 is 0 Å². The Morgan fingerprint density at radius 3 is 2.35 bits per heavy atom. The summed E-state index contributed by atoms with van der Waals surface area (Å²) in [5, 5.41) is 44.1. The minimum absolute atomic E-state index is 0.0443. The number of likely N-dealkylation sites (N-methyl/N-ethyl adjacent to an activating group) is 1. The molecule has 4 N–H and O–H groups in total. The maximum absolute atomic E-state index is 13.8. The van der Waals surface area contributed by atoms with Crippen molar-refractivity contribution in [1.82, 2.24) is 4.90 Å². The second kappa shape index (κ2) is 12.8. The number of carbonyl (C=O) groups excluding carboxylic acids is 3. The van der Waals surface area contributed by atoms with Gasteiger partial charge in [-0.3, -0.25) is 14.4 Å². The van der Waals surface area contributed by atoms with Gasteiger partial charge < -0.3 is 49.0 Å². The topological polar surface area (TPSA) is 182 Å². The van der Waals surface area contributed by atoms with Crippen molar-refractivity contribution < 1.29 is 58.5 Å². The molecule has 10 atom stereocenters. The van der Waals surface area contributed by atoms with Gasteiger partial charge in [-0.05, 0) is 59.0 Å². The van der Waals surface area contributed by atoms with Crippen molar-refractivity contribution in [3.63, 3.8) is 0 Å². The van der Waals surface area contributed by atoms with E-state index in [0.29, 0.717) is 19.3 Å². The van der Waals surface area contributed by atoms with E-state index in [2.05, 4.69) is 0 Å². The zero-order valence-corrected chi connectivity index (χ0v) is 27.8. The van der Waals surface area contributed by atoms with Crippen LogP contribution in [0.1, 0.15) is 101 Å². The zero-order valence-electron chi connectivity index (χ0n) is 27.8. The first-order valence-electron chi connectivity index (χ1n) is 16.2. The number of ether oxygens (including phenoxy) is 5. The highest BCUT2D eigenvalue weighted by Gasteiger charge is 2.52. The van der Waals surface area contributed by atoms with E-state index in [1.54, 1.807) is 6.92 Å². The lowest BCUT2D eigenvalue weighted by Crippen LogP contribution is -2.56. The average Bonchev–Trinajstić information content (AvgIpc) is 3.01. The van der Waals surface area contributed by atoms with Crippen LogP contribution < -0.4 is 0 Å². The van der Waals surface area contributed by atoms with E-state index in [0.717, 1.165) is 0 Å². The standard InChI is InChI=1S/C35H43NO12/c1-15-21(37)10-11-24(45-15)48-33-16(2)46-25(13-20(33)36(4)5)47-23-14-35(3,43)29(34(42)44-6)18-12-19-28(32(41)27(18)23)31(40)26-17(30(19)39)8-7-9-22(26)38/h7-9,12,15-16,20-21,23-25,29,33,37-38,41,43H,10-11,13-14H2,1-6H3/t15-,16-,20-,21-,23?,24-,25-,29?,33+,35?/m0/s1. The molecule has 0 saturated carbocycles. The van der Waals surface area contributed by atoms with Crippen LogP contribution in [0.3, 0.4) is 0 Å². The smallest absolute Gasteiger partial charge is 0.316 e. The largest absolute Gasteiger partial charge is 0.507 e. The second-order valence-corrected chi connectivity index (χ2v) is 13.7. The number of ketones is 2. The number of phenols is 2. The number of nitrogens with zero attached hydrogens (tertiary/aromatic N) is 1. The van der Waals surface area contributed by atoms with Crippen LogP contribution in [0.15, 0.2) is 24.3 Å². The number of aliphatic hydroxyl groups excluding tert-OH is 1. The Balaban J connectivity index is 1.36. The number of esters is 1. The SMILES string of the molecule is COC(=O)C1c2cc3c(c(O)c2C(O[C@H]2C[C@H](N(C)C)[C@H](O[C@H]4CC[C@H](O)[C@H](C)O4)[C@H](C)O2)CC1(C)O)C(=O)c1c(O)cccc1C3=O. The molecule has 2 saturated heterocycles. The number of fused-ring (bicyclic) bond motifs is 3. The van der Waals surface area contributed by atoms with Gasteiger partial charge in [0.05, 0.1) is 48.3 Å². The molecule has 13 heteroatoms. The van der Waals surface area contributed by atoms with Gasteiger partial charge in [-0.15, -0.1) is 0 Å². The summed E-state index contributed by atoms with van der Waals surface area (Å²) in [4.78, 5) is 42.5. The predicted octanol–water partition coefficient (Wildman–Crippen LogP) is 2.68. The minimum atomic E-state index is -1.75. The Bertz CT molecular complexity index is 1620. The summed E-state index contributed by atoms with van der Waals surface area (Å²) in [5.74, 6) is -4.49. The molecule has 0 radical (unpaired) electrons. The van der Waals surface area contributed by atoms with Crippen molar-refractivity contribution in [3.8, 4) is 11.5 Å². The molecule has 2 fully saturated rings. The van der Waals surface area contributed by atoms with Crippen molar-refractivity contribution in [1.29, 1.82) is 0 Å². The van der Waals surface area contributed by atoms with E-state index >= 15 is 0 Å². The number of hydrogen-bond acceptors (Lipinski definition) is 13. The van der Waals surface area contributed by atoms with Gasteiger partial charge in [-0.2, -0.15) is 0 Å². The normalized spacial score (nSPS) is 34.7. The van der Waals surface area contributed by atoms with Crippen LogP contribution in [-0.4, -0.2) is 113 Å². The second-order valence-electron chi connectivity index (χ2n) is 13.7. The van der Waals surface area contributed by atoms with Crippen molar-refractivity contribution in [2.24, 2.45) is 0 Å². The molecule has 2 aromatic rings. The number of hydrogen-bond donors (Lipinski definition) is 4. The summed E-state index contributed by atoms with van der Waals surface area (Å²) in [5.41, 5.74) is -2.38. The number of phenolic OH excluding ortho intramolecular Hbond substituents is 2.